The number of hydrogen-bond donors (Lipinski definition) is 1. The Labute approximate surface area is 175 Å². The number of sulfonamides is 1. The number of nitrogens with one attached hydrogen (secondary N) is 1. The highest BCUT2D eigenvalue weighted by molar-refractivity contribution is 7.92. The van der Waals surface area contributed by atoms with Gasteiger partial charge in [0, 0.05) is 11.1 Å². The predicted molar refractivity (Wildman–Crippen MR) is 120 cm³/mol. The first-order valence-electron chi connectivity index (χ1n) is 9.71. The van der Waals surface area contributed by atoms with Gasteiger partial charge in [-0.25, -0.2) is 8.42 Å². The smallest absolute Gasteiger partial charge is 0.251 e. The van der Waals surface area contributed by atoms with Crippen molar-refractivity contribution in [3.05, 3.63) is 65.7 Å². The van der Waals surface area contributed by atoms with E-state index in [0.29, 0.717) is 11.3 Å². The second-order valence-corrected chi connectivity index (χ2v) is 11.3. The minimum absolute atomic E-state index is 0.0913. The van der Waals surface area contributed by atoms with Crippen LogP contribution in [0.4, 0.5) is 5.69 Å². The van der Waals surface area contributed by atoms with Crippen molar-refractivity contribution in [1.82, 2.24) is 5.32 Å². The molecule has 2 aromatic carbocycles. The molecule has 0 radical (unpaired) electrons. The molecule has 158 valence electrons. The molecular formula is C23H32N2O3S. The Morgan fingerprint density at radius 2 is 1.48 bits per heavy atom. The van der Waals surface area contributed by atoms with E-state index in [9.17, 15) is 13.2 Å². The third kappa shape index (κ3) is 7.20. The van der Waals surface area contributed by atoms with Crippen LogP contribution in [0.2, 0.25) is 0 Å². The highest BCUT2D eigenvalue weighted by atomic mass is 32.2. The largest absolute Gasteiger partial charge is 0.347 e. The van der Waals surface area contributed by atoms with Crippen LogP contribution in [0.3, 0.4) is 0 Å². The summed E-state index contributed by atoms with van der Waals surface area (Å²) in [7, 11) is -3.47. The van der Waals surface area contributed by atoms with E-state index in [-0.39, 0.29) is 23.4 Å². The molecular weight excluding hydrogens is 384 g/mol. The van der Waals surface area contributed by atoms with Crippen molar-refractivity contribution in [2.75, 3.05) is 10.6 Å². The number of carbonyl (C=O) groups excluding carboxylic acids is 1. The summed E-state index contributed by atoms with van der Waals surface area (Å²) >= 11 is 0. The van der Waals surface area contributed by atoms with E-state index in [4.69, 9.17) is 0 Å². The van der Waals surface area contributed by atoms with E-state index >= 15 is 0 Å². The molecule has 0 heterocycles. The first-order chi connectivity index (χ1) is 13.3. The van der Waals surface area contributed by atoms with Gasteiger partial charge in [-0.15, -0.1) is 0 Å². The second-order valence-electron chi connectivity index (χ2n) is 9.38. The Bertz CT molecular complexity index is 928. The summed E-state index contributed by atoms with van der Waals surface area (Å²) in [5.41, 5.74) is 1.67. The molecule has 0 unspecified atom stereocenters. The molecule has 0 fully saturated rings. The van der Waals surface area contributed by atoms with Gasteiger partial charge in [-0.05, 0) is 55.5 Å². The molecule has 2 rings (SSSR count). The molecule has 0 atom stereocenters. The summed E-state index contributed by atoms with van der Waals surface area (Å²) in [6, 6.07) is 16.1. The van der Waals surface area contributed by atoms with Gasteiger partial charge in [-0.1, -0.05) is 51.1 Å². The van der Waals surface area contributed by atoms with E-state index in [1.54, 1.807) is 24.3 Å². The standard InChI is InChI=1S/C23H32N2O3S/c1-22(2,3)17-23(4,5)24-21(26)19-12-14-20(15-13-19)25(29(6,27)28)16-18-10-8-7-9-11-18/h7-15H,16-17H2,1-6H3,(H,24,26). The SMILES string of the molecule is CC(C)(C)CC(C)(C)NC(=O)c1ccc(N(Cc2ccccc2)S(C)(=O)=O)cc1. The molecule has 6 heteroatoms. The van der Waals surface area contributed by atoms with Gasteiger partial charge in [0.25, 0.3) is 5.91 Å². The van der Waals surface area contributed by atoms with Crippen LogP contribution in [0.25, 0.3) is 0 Å². The Balaban J connectivity index is 2.19. The average Bonchev–Trinajstić information content (AvgIpc) is 2.57. The molecule has 29 heavy (non-hydrogen) atoms. The molecule has 0 saturated heterocycles. The molecule has 0 aliphatic carbocycles. The number of benzene rings is 2. The van der Waals surface area contributed by atoms with Crippen LogP contribution in [-0.4, -0.2) is 26.1 Å². The van der Waals surface area contributed by atoms with Gasteiger partial charge in [0.1, 0.15) is 0 Å². The molecule has 0 aromatic heterocycles. The number of nitrogens with zero attached hydrogens (tertiary/aromatic N) is 1. The zero-order valence-corrected chi connectivity index (χ0v) is 19.0. The van der Waals surface area contributed by atoms with Gasteiger partial charge in [-0.2, -0.15) is 0 Å². The molecule has 0 aliphatic rings. The normalized spacial score (nSPS) is 12.5. The number of carbonyl (C=O) groups is 1. The van der Waals surface area contributed by atoms with Crippen molar-refractivity contribution in [3.8, 4) is 0 Å². The van der Waals surface area contributed by atoms with E-state index < -0.39 is 10.0 Å². The summed E-state index contributed by atoms with van der Waals surface area (Å²) in [5.74, 6) is -0.167. The van der Waals surface area contributed by atoms with Crippen LogP contribution in [0.15, 0.2) is 54.6 Å². The van der Waals surface area contributed by atoms with E-state index in [1.165, 1.54) is 10.6 Å². The topological polar surface area (TPSA) is 66.5 Å². The zero-order chi connectivity index (χ0) is 21.9. The summed E-state index contributed by atoms with van der Waals surface area (Å²) in [6.45, 7) is 10.7. The van der Waals surface area contributed by atoms with Crippen LogP contribution in [-0.2, 0) is 16.6 Å². The quantitative estimate of drug-likeness (QED) is 0.717. The number of anilines is 1. The predicted octanol–water partition coefficient (Wildman–Crippen LogP) is 4.60. The van der Waals surface area contributed by atoms with E-state index in [2.05, 4.69) is 26.1 Å². The molecule has 0 saturated carbocycles. The molecule has 2 aromatic rings. The first-order valence-corrected chi connectivity index (χ1v) is 11.6. The lowest BCUT2D eigenvalue weighted by atomic mass is 9.81. The van der Waals surface area contributed by atoms with Crippen LogP contribution >= 0.6 is 0 Å². The van der Waals surface area contributed by atoms with Crippen molar-refractivity contribution in [1.29, 1.82) is 0 Å². The zero-order valence-electron chi connectivity index (χ0n) is 18.2. The van der Waals surface area contributed by atoms with Crippen LogP contribution < -0.4 is 9.62 Å². The molecule has 0 spiro atoms. The monoisotopic (exact) mass is 416 g/mol. The fourth-order valence-corrected chi connectivity index (χ4v) is 4.57. The molecule has 1 N–H and O–H groups in total. The Hall–Kier alpha value is -2.34. The fraction of sp³-hybridized carbons (Fsp3) is 0.435. The van der Waals surface area contributed by atoms with E-state index in [1.807, 2.05) is 44.2 Å². The van der Waals surface area contributed by atoms with Crippen molar-refractivity contribution >= 4 is 21.6 Å². The molecule has 0 aliphatic heterocycles. The maximum absolute atomic E-state index is 12.7. The van der Waals surface area contributed by atoms with Crippen molar-refractivity contribution < 1.29 is 13.2 Å². The second kappa shape index (κ2) is 8.57. The minimum Gasteiger partial charge on any atom is -0.347 e. The third-order valence-corrected chi connectivity index (χ3v) is 5.55. The molecule has 0 bridgehead atoms. The maximum Gasteiger partial charge on any atom is 0.251 e. The highest BCUT2D eigenvalue weighted by Crippen LogP contribution is 2.27. The Kier molecular flexibility index (Phi) is 6.78. The number of rotatable bonds is 7. The van der Waals surface area contributed by atoms with Crippen molar-refractivity contribution in [2.24, 2.45) is 5.41 Å². The lowest BCUT2D eigenvalue weighted by molar-refractivity contribution is 0.0891. The minimum atomic E-state index is -3.47. The van der Waals surface area contributed by atoms with Gasteiger partial charge in [0.2, 0.25) is 10.0 Å². The summed E-state index contributed by atoms with van der Waals surface area (Å²) < 4.78 is 26.0. The molecule has 5 nitrogen and oxygen atoms in total. The lowest BCUT2D eigenvalue weighted by Crippen LogP contribution is -2.45. The summed E-state index contributed by atoms with van der Waals surface area (Å²) in [4.78, 5) is 12.7. The third-order valence-electron chi connectivity index (χ3n) is 4.41. The molecule has 1 amide bonds. The number of hydrogen-bond acceptors (Lipinski definition) is 3. The van der Waals surface area contributed by atoms with Gasteiger partial charge in [-0.3, -0.25) is 9.10 Å². The van der Waals surface area contributed by atoms with Crippen molar-refractivity contribution in [3.63, 3.8) is 0 Å². The first kappa shape index (κ1) is 22.9. The van der Waals surface area contributed by atoms with Crippen LogP contribution in [0, 0.1) is 5.41 Å². The highest BCUT2D eigenvalue weighted by Gasteiger charge is 2.27. The fourth-order valence-electron chi connectivity index (χ4n) is 3.68. The van der Waals surface area contributed by atoms with Gasteiger partial charge < -0.3 is 5.32 Å². The maximum atomic E-state index is 12.7. The number of amides is 1. The lowest BCUT2D eigenvalue weighted by Gasteiger charge is -2.33. The summed E-state index contributed by atoms with van der Waals surface area (Å²) in [6.07, 6.45) is 2.02. The van der Waals surface area contributed by atoms with Crippen LogP contribution in [0.1, 0.15) is 57.0 Å². The van der Waals surface area contributed by atoms with Gasteiger partial charge in [0.15, 0.2) is 0 Å². The van der Waals surface area contributed by atoms with Crippen LogP contribution in [0.5, 0.6) is 0 Å². The van der Waals surface area contributed by atoms with Gasteiger partial charge >= 0.3 is 0 Å². The van der Waals surface area contributed by atoms with Crippen molar-refractivity contribution in [2.45, 2.75) is 53.1 Å². The van der Waals surface area contributed by atoms with E-state index in [0.717, 1.165) is 12.0 Å². The Morgan fingerprint density at radius 3 is 1.97 bits per heavy atom. The Morgan fingerprint density at radius 1 is 0.931 bits per heavy atom. The average molecular weight is 417 g/mol. The summed E-state index contributed by atoms with van der Waals surface area (Å²) in [5, 5.41) is 3.08. The van der Waals surface area contributed by atoms with Gasteiger partial charge in [0.05, 0.1) is 18.5 Å².